The summed E-state index contributed by atoms with van der Waals surface area (Å²) >= 11 is 1.75. The highest BCUT2D eigenvalue weighted by molar-refractivity contribution is 8.00. The van der Waals surface area contributed by atoms with E-state index in [1.165, 1.54) is 6.26 Å². The van der Waals surface area contributed by atoms with Gasteiger partial charge in [-0.25, -0.2) is 8.42 Å². The number of nitrogens with zero attached hydrogens (tertiary/aromatic N) is 1. The Kier molecular flexibility index (Phi) is 6.26. The topological polar surface area (TPSA) is 49.4 Å². The van der Waals surface area contributed by atoms with E-state index in [4.69, 9.17) is 0 Å². The van der Waals surface area contributed by atoms with Crippen molar-refractivity contribution in [3.8, 4) is 0 Å². The van der Waals surface area contributed by atoms with Gasteiger partial charge in [0, 0.05) is 36.9 Å². The zero-order valence-corrected chi connectivity index (χ0v) is 12.6. The Balaban J connectivity index is 2.81. The van der Waals surface area contributed by atoms with Crippen LogP contribution in [-0.4, -0.2) is 62.6 Å². The summed E-state index contributed by atoms with van der Waals surface area (Å²) in [6, 6.07) is 0.339. The largest absolute Gasteiger partial charge is 0.318 e. The van der Waals surface area contributed by atoms with E-state index in [2.05, 4.69) is 17.1 Å². The normalized spacial score (nSPS) is 24.8. The first-order chi connectivity index (χ1) is 8.00. The number of likely N-dealkylation sites (N-methyl/N-ethyl adjacent to an activating group) is 1. The first-order valence-electron chi connectivity index (χ1n) is 6.17. The molecule has 1 fully saturated rings. The molecule has 0 aliphatic carbocycles. The molecule has 6 heteroatoms. The van der Waals surface area contributed by atoms with Crippen LogP contribution in [0.2, 0.25) is 0 Å². The van der Waals surface area contributed by atoms with Crippen LogP contribution >= 0.6 is 11.8 Å². The lowest BCUT2D eigenvalue weighted by molar-refractivity contribution is 0.179. The Hall–Kier alpha value is 0.220. The van der Waals surface area contributed by atoms with E-state index < -0.39 is 9.84 Å². The third-order valence-corrected chi connectivity index (χ3v) is 5.81. The first-order valence-corrected chi connectivity index (χ1v) is 9.28. The molecule has 1 aliphatic rings. The molecule has 0 spiro atoms. The van der Waals surface area contributed by atoms with Crippen LogP contribution in [-0.2, 0) is 9.84 Å². The minimum Gasteiger partial charge on any atom is -0.318 e. The van der Waals surface area contributed by atoms with Gasteiger partial charge in [0.1, 0.15) is 5.37 Å². The van der Waals surface area contributed by atoms with Gasteiger partial charge in [0.15, 0.2) is 9.84 Å². The van der Waals surface area contributed by atoms with Crippen LogP contribution in [0.5, 0.6) is 0 Å². The molecule has 0 aromatic carbocycles. The molecule has 1 N–H and O–H groups in total. The number of thioether (sulfide) groups is 1. The summed E-state index contributed by atoms with van der Waals surface area (Å²) in [5, 5.41) is 2.88. The van der Waals surface area contributed by atoms with Gasteiger partial charge in [0.2, 0.25) is 0 Å². The Labute approximate surface area is 109 Å². The summed E-state index contributed by atoms with van der Waals surface area (Å²) in [6.07, 6.45) is 3.50. The van der Waals surface area contributed by atoms with Crippen LogP contribution in [0.1, 0.15) is 19.8 Å². The van der Waals surface area contributed by atoms with Crippen LogP contribution < -0.4 is 5.32 Å². The van der Waals surface area contributed by atoms with E-state index in [1.807, 2.05) is 7.05 Å². The molecule has 4 nitrogen and oxygen atoms in total. The molecular formula is C11H24N2O2S2. The molecule has 2 atom stereocenters. The van der Waals surface area contributed by atoms with Crippen LogP contribution in [0.15, 0.2) is 0 Å². The first kappa shape index (κ1) is 15.3. The fraction of sp³-hybridized carbons (Fsp3) is 1.00. The maximum atomic E-state index is 11.8. The third kappa shape index (κ3) is 4.43. The van der Waals surface area contributed by atoms with Crippen molar-refractivity contribution in [2.24, 2.45) is 0 Å². The Bertz CT molecular complexity index is 313. The SMILES string of the molecule is CCCC(CNC)N1CCSCC1S(C)(=O)=O. The molecule has 0 saturated carbocycles. The minimum atomic E-state index is -2.98. The molecule has 102 valence electrons. The summed E-state index contributed by atoms with van der Waals surface area (Å²) in [5.41, 5.74) is 0. The molecule has 1 aliphatic heterocycles. The van der Waals surface area contributed by atoms with Crippen LogP contribution in [0, 0.1) is 0 Å². The van der Waals surface area contributed by atoms with E-state index >= 15 is 0 Å². The standard InChI is InChI=1S/C11H24N2O2S2/c1-4-5-10(8-12-2)13-6-7-16-9-11(13)17(3,14)15/h10-12H,4-9H2,1-3H3. The summed E-state index contributed by atoms with van der Waals surface area (Å²) in [7, 11) is -1.05. The second-order valence-corrected chi connectivity index (χ2v) is 7.95. The van der Waals surface area contributed by atoms with Gasteiger partial charge >= 0.3 is 0 Å². The molecule has 1 heterocycles. The molecule has 17 heavy (non-hydrogen) atoms. The number of nitrogens with one attached hydrogen (secondary N) is 1. The quantitative estimate of drug-likeness (QED) is 0.780. The van der Waals surface area contributed by atoms with Crippen molar-refractivity contribution in [2.45, 2.75) is 31.2 Å². The van der Waals surface area contributed by atoms with Crippen molar-refractivity contribution in [1.29, 1.82) is 0 Å². The predicted octanol–water partition coefficient (Wildman–Crippen LogP) is 0.794. The highest BCUT2D eigenvalue weighted by Gasteiger charge is 2.34. The van der Waals surface area contributed by atoms with Gasteiger partial charge in [0.25, 0.3) is 0 Å². The summed E-state index contributed by atoms with van der Waals surface area (Å²) in [5.74, 6) is 1.75. The molecule has 1 rings (SSSR count). The van der Waals surface area contributed by atoms with Crippen LogP contribution in [0.3, 0.4) is 0 Å². The Morgan fingerprint density at radius 2 is 2.24 bits per heavy atom. The average molecular weight is 280 g/mol. The highest BCUT2D eigenvalue weighted by atomic mass is 32.2. The average Bonchev–Trinajstić information content (AvgIpc) is 2.28. The number of rotatable bonds is 6. The van der Waals surface area contributed by atoms with Crippen molar-refractivity contribution < 1.29 is 8.42 Å². The lowest BCUT2D eigenvalue weighted by Crippen LogP contribution is -2.54. The fourth-order valence-electron chi connectivity index (χ4n) is 2.34. The minimum absolute atomic E-state index is 0.300. The van der Waals surface area contributed by atoms with Gasteiger partial charge in [0.05, 0.1) is 0 Å². The van der Waals surface area contributed by atoms with E-state index in [9.17, 15) is 8.42 Å². The van der Waals surface area contributed by atoms with E-state index in [0.29, 0.717) is 11.8 Å². The highest BCUT2D eigenvalue weighted by Crippen LogP contribution is 2.24. The molecule has 2 unspecified atom stereocenters. The molecule has 0 radical (unpaired) electrons. The number of sulfone groups is 1. The predicted molar refractivity (Wildman–Crippen MR) is 75.3 cm³/mol. The van der Waals surface area contributed by atoms with E-state index in [1.54, 1.807) is 11.8 Å². The van der Waals surface area contributed by atoms with E-state index in [-0.39, 0.29) is 5.37 Å². The number of hydrogen-bond acceptors (Lipinski definition) is 5. The van der Waals surface area contributed by atoms with Crippen molar-refractivity contribution >= 4 is 21.6 Å². The molecular weight excluding hydrogens is 256 g/mol. The van der Waals surface area contributed by atoms with Crippen molar-refractivity contribution in [3.05, 3.63) is 0 Å². The van der Waals surface area contributed by atoms with Crippen LogP contribution in [0.4, 0.5) is 0 Å². The van der Waals surface area contributed by atoms with E-state index in [0.717, 1.165) is 31.7 Å². The third-order valence-electron chi connectivity index (χ3n) is 3.15. The molecule has 1 saturated heterocycles. The zero-order chi connectivity index (χ0) is 12.9. The molecule has 0 aromatic rings. The summed E-state index contributed by atoms with van der Waals surface area (Å²) in [4.78, 5) is 2.19. The number of hydrogen-bond donors (Lipinski definition) is 1. The zero-order valence-electron chi connectivity index (χ0n) is 11.0. The molecule has 0 bridgehead atoms. The van der Waals surface area contributed by atoms with Gasteiger partial charge in [-0.1, -0.05) is 13.3 Å². The van der Waals surface area contributed by atoms with Gasteiger partial charge in [-0.05, 0) is 13.5 Å². The monoisotopic (exact) mass is 280 g/mol. The summed E-state index contributed by atoms with van der Waals surface area (Å²) in [6.45, 7) is 3.90. The van der Waals surface area contributed by atoms with Gasteiger partial charge < -0.3 is 5.32 Å². The maximum absolute atomic E-state index is 11.8. The second-order valence-electron chi connectivity index (χ2n) is 4.60. The Morgan fingerprint density at radius 1 is 1.53 bits per heavy atom. The maximum Gasteiger partial charge on any atom is 0.164 e. The van der Waals surface area contributed by atoms with Crippen molar-refractivity contribution in [2.75, 3.05) is 37.9 Å². The van der Waals surface area contributed by atoms with Gasteiger partial charge in [-0.15, -0.1) is 0 Å². The lowest BCUT2D eigenvalue weighted by Gasteiger charge is -2.39. The fourth-order valence-corrected chi connectivity index (χ4v) is 5.28. The van der Waals surface area contributed by atoms with Crippen LogP contribution in [0.25, 0.3) is 0 Å². The van der Waals surface area contributed by atoms with Gasteiger partial charge in [-0.3, -0.25) is 4.90 Å². The molecule has 0 amide bonds. The molecule has 0 aromatic heterocycles. The lowest BCUT2D eigenvalue weighted by atomic mass is 10.1. The second kappa shape index (κ2) is 6.97. The van der Waals surface area contributed by atoms with Gasteiger partial charge in [-0.2, -0.15) is 11.8 Å². The van der Waals surface area contributed by atoms with Crippen molar-refractivity contribution in [1.82, 2.24) is 10.2 Å². The van der Waals surface area contributed by atoms with Crippen molar-refractivity contribution in [3.63, 3.8) is 0 Å². The smallest absolute Gasteiger partial charge is 0.164 e. The summed E-state index contributed by atoms with van der Waals surface area (Å²) < 4.78 is 23.7. The Morgan fingerprint density at radius 3 is 2.76 bits per heavy atom.